The zero-order valence-electron chi connectivity index (χ0n) is 12.7. The summed E-state index contributed by atoms with van der Waals surface area (Å²) in [6.07, 6.45) is 4.71. The number of halogens is 3. The van der Waals surface area contributed by atoms with Gasteiger partial charge in [0.25, 0.3) is 0 Å². The molecule has 4 rings (SSSR count). The molecule has 2 aliphatic carbocycles. The quantitative estimate of drug-likeness (QED) is 0.602. The average molecular weight is 387 g/mol. The molecule has 0 heterocycles. The van der Waals surface area contributed by atoms with Crippen molar-refractivity contribution in [3.63, 3.8) is 0 Å². The van der Waals surface area contributed by atoms with Crippen molar-refractivity contribution >= 4 is 21.6 Å². The minimum Gasteiger partial charge on any atom is -0.204 e. The number of hydrogen-bond acceptors (Lipinski definition) is 2. The number of rotatable bonds is 0. The molecule has 1 spiro atoms. The van der Waals surface area contributed by atoms with Gasteiger partial charge in [0.15, 0.2) is 11.6 Å². The Hall–Kier alpha value is -2.06. The highest BCUT2D eigenvalue weighted by Gasteiger charge is 2.45. The molecule has 2 nitrogen and oxygen atoms in total. The summed E-state index contributed by atoms with van der Waals surface area (Å²) < 4.78 is 28.1. The first-order valence-electron chi connectivity index (χ1n) is 7.75. The second-order valence-corrected chi connectivity index (χ2v) is 7.45. The second kappa shape index (κ2) is 5.49. The molecule has 1 unspecified atom stereocenters. The van der Waals surface area contributed by atoms with Crippen molar-refractivity contribution in [1.29, 1.82) is 5.26 Å². The van der Waals surface area contributed by atoms with E-state index in [0.29, 0.717) is 12.8 Å². The third-order valence-corrected chi connectivity index (χ3v) is 5.66. The molecule has 0 bridgehead atoms. The van der Waals surface area contributed by atoms with Gasteiger partial charge in [0, 0.05) is 15.5 Å². The summed E-state index contributed by atoms with van der Waals surface area (Å²) in [7, 11) is 0. The first kappa shape index (κ1) is 15.5. The van der Waals surface area contributed by atoms with E-state index in [9.17, 15) is 8.78 Å². The molecule has 120 valence electrons. The van der Waals surface area contributed by atoms with Gasteiger partial charge in [-0.1, -0.05) is 22.0 Å². The van der Waals surface area contributed by atoms with Gasteiger partial charge in [-0.15, -0.1) is 0 Å². The number of aryl methyl sites for hydroxylation is 1. The van der Waals surface area contributed by atoms with Crippen LogP contribution in [0.4, 0.5) is 8.78 Å². The van der Waals surface area contributed by atoms with E-state index in [1.165, 1.54) is 12.1 Å². The Morgan fingerprint density at radius 3 is 2.50 bits per heavy atom. The standard InChI is InChI=1S/C19H13BrF2N2/c20-14-2-1-12-8-19(18(24-10-23)15(12)7-14)4-3-11-5-16(21)17(22)6-13(11)9-19/h1-2,5-7H,3-4,8-9H2/b24-18-. The molecule has 1 atom stereocenters. The normalized spacial score (nSPS) is 23.2. The van der Waals surface area contributed by atoms with Crippen LogP contribution in [0.3, 0.4) is 0 Å². The van der Waals surface area contributed by atoms with Gasteiger partial charge in [-0.25, -0.2) is 8.78 Å². The molecule has 0 radical (unpaired) electrons. The first-order chi connectivity index (χ1) is 11.5. The molecular formula is C19H13BrF2N2. The van der Waals surface area contributed by atoms with Crippen molar-refractivity contribution < 1.29 is 8.78 Å². The lowest BCUT2D eigenvalue weighted by Gasteiger charge is -2.35. The summed E-state index contributed by atoms with van der Waals surface area (Å²) in [5, 5.41) is 9.15. The molecule has 2 aromatic carbocycles. The summed E-state index contributed by atoms with van der Waals surface area (Å²) in [5.74, 6) is -1.61. The van der Waals surface area contributed by atoms with Crippen LogP contribution in [0, 0.1) is 28.5 Å². The highest BCUT2D eigenvalue weighted by molar-refractivity contribution is 9.10. The maximum atomic E-state index is 13.7. The summed E-state index contributed by atoms with van der Waals surface area (Å²) >= 11 is 3.47. The molecule has 0 amide bonds. The number of benzene rings is 2. The van der Waals surface area contributed by atoms with Crippen molar-refractivity contribution in [2.24, 2.45) is 10.4 Å². The predicted molar refractivity (Wildman–Crippen MR) is 90.8 cm³/mol. The van der Waals surface area contributed by atoms with Crippen molar-refractivity contribution in [3.05, 3.63) is 68.7 Å². The van der Waals surface area contributed by atoms with Crippen LogP contribution in [-0.2, 0) is 19.3 Å². The van der Waals surface area contributed by atoms with Crippen molar-refractivity contribution in [1.82, 2.24) is 0 Å². The smallest absolute Gasteiger partial charge is 0.204 e. The fourth-order valence-corrected chi connectivity index (χ4v) is 4.45. The lowest BCUT2D eigenvalue weighted by atomic mass is 9.68. The minimum absolute atomic E-state index is 0.309. The molecular weight excluding hydrogens is 374 g/mol. The molecule has 0 aromatic heterocycles. The average Bonchev–Trinajstić information content (AvgIpc) is 2.83. The molecule has 2 aliphatic rings. The Labute approximate surface area is 147 Å². The van der Waals surface area contributed by atoms with Crippen molar-refractivity contribution in [2.75, 3.05) is 0 Å². The molecule has 0 N–H and O–H groups in total. The van der Waals surface area contributed by atoms with Gasteiger partial charge in [-0.05, 0) is 66.6 Å². The lowest BCUT2D eigenvalue weighted by molar-refractivity contribution is 0.369. The Morgan fingerprint density at radius 2 is 1.75 bits per heavy atom. The fraction of sp³-hybridized carbons (Fsp3) is 0.263. The Bertz CT molecular complexity index is 930. The van der Waals surface area contributed by atoms with Crippen LogP contribution < -0.4 is 0 Å². The van der Waals surface area contributed by atoms with Crippen molar-refractivity contribution in [3.8, 4) is 6.19 Å². The molecule has 2 aromatic rings. The largest absolute Gasteiger partial charge is 0.205 e. The molecule has 5 heteroatoms. The van der Waals surface area contributed by atoms with Crippen LogP contribution in [0.5, 0.6) is 0 Å². The van der Waals surface area contributed by atoms with Gasteiger partial charge in [-0.2, -0.15) is 10.3 Å². The van der Waals surface area contributed by atoms with Gasteiger partial charge in [0.1, 0.15) is 0 Å². The molecule has 0 saturated heterocycles. The predicted octanol–water partition coefficient (Wildman–Crippen LogP) is 4.73. The van der Waals surface area contributed by atoms with Crippen LogP contribution in [0.1, 0.15) is 28.7 Å². The van der Waals surface area contributed by atoms with E-state index < -0.39 is 11.6 Å². The molecule has 0 fully saturated rings. The van der Waals surface area contributed by atoms with Gasteiger partial charge >= 0.3 is 0 Å². The van der Waals surface area contributed by atoms with E-state index in [2.05, 4.69) is 20.9 Å². The van der Waals surface area contributed by atoms with Crippen LogP contribution >= 0.6 is 15.9 Å². The summed E-state index contributed by atoms with van der Waals surface area (Å²) in [4.78, 5) is 4.13. The molecule has 0 saturated carbocycles. The Morgan fingerprint density at radius 1 is 1.04 bits per heavy atom. The molecule has 0 aliphatic heterocycles. The molecule has 24 heavy (non-hydrogen) atoms. The zero-order chi connectivity index (χ0) is 16.9. The first-order valence-corrected chi connectivity index (χ1v) is 8.54. The third-order valence-electron chi connectivity index (χ3n) is 5.16. The highest BCUT2D eigenvalue weighted by Crippen LogP contribution is 2.47. The van der Waals surface area contributed by atoms with Crippen LogP contribution in [0.25, 0.3) is 0 Å². The summed E-state index contributed by atoms with van der Waals surface area (Å²) in [6.45, 7) is 0. The van der Waals surface area contributed by atoms with E-state index in [1.54, 1.807) is 0 Å². The number of hydrogen-bond donors (Lipinski definition) is 0. The maximum absolute atomic E-state index is 13.7. The van der Waals surface area contributed by atoms with E-state index >= 15 is 0 Å². The van der Waals surface area contributed by atoms with Crippen LogP contribution in [-0.4, -0.2) is 5.71 Å². The lowest BCUT2D eigenvalue weighted by Crippen LogP contribution is -2.35. The van der Waals surface area contributed by atoms with Gasteiger partial charge in [0.05, 0.1) is 5.71 Å². The van der Waals surface area contributed by atoms with E-state index in [-0.39, 0.29) is 5.41 Å². The van der Waals surface area contributed by atoms with Crippen molar-refractivity contribution in [2.45, 2.75) is 25.7 Å². The van der Waals surface area contributed by atoms with Gasteiger partial charge in [-0.3, -0.25) is 0 Å². The summed E-state index contributed by atoms with van der Waals surface area (Å²) in [5.41, 5.74) is 4.27. The number of fused-ring (bicyclic) bond motifs is 2. The van der Waals surface area contributed by atoms with Gasteiger partial charge < -0.3 is 0 Å². The monoisotopic (exact) mass is 386 g/mol. The highest BCUT2D eigenvalue weighted by atomic mass is 79.9. The second-order valence-electron chi connectivity index (χ2n) is 6.53. The Balaban J connectivity index is 1.83. The van der Waals surface area contributed by atoms with E-state index in [1.807, 2.05) is 24.4 Å². The third kappa shape index (κ3) is 2.29. The van der Waals surface area contributed by atoms with Crippen LogP contribution in [0.2, 0.25) is 0 Å². The summed E-state index contributed by atoms with van der Waals surface area (Å²) in [6, 6.07) is 8.61. The Kier molecular flexibility index (Phi) is 3.54. The number of nitrogens with zero attached hydrogens (tertiary/aromatic N) is 2. The minimum atomic E-state index is -0.817. The topological polar surface area (TPSA) is 36.1 Å². The number of aliphatic imine (C=N–C) groups is 1. The fourth-order valence-electron chi connectivity index (χ4n) is 4.09. The van der Waals surface area contributed by atoms with Crippen LogP contribution in [0.15, 0.2) is 39.8 Å². The SMILES string of the molecule is N#C/N=C1/c2cc(Br)ccc2CC12CCc1cc(F)c(F)cc1C2. The van der Waals surface area contributed by atoms with Gasteiger partial charge in [0.2, 0.25) is 6.19 Å². The maximum Gasteiger partial charge on any atom is 0.205 e. The number of nitriles is 1. The van der Waals surface area contributed by atoms with E-state index in [0.717, 1.165) is 45.3 Å². The zero-order valence-corrected chi connectivity index (χ0v) is 14.3. The van der Waals surface area contributed by atoms with E-state index in [4.69, 9.17) is 5.26 Å².